The molecule has 6 aromatic rings. The van der Waals surface area contributed by atoms with E-state index in [1.54, 1.807) is 6.07 Å². The zero-order valence-corrected chi connectivity index (χ0v) is 25.0. The van der Waals surface area contributed by atoms with Gasteiger partial charge in [-0.1, -0.05) is 133 Å². The third-order valence-electron chi connectivity index (χ3n) is 8.16. The second-order valence-electron chi connectivity index (χ2n) is 10.5. The van der Waals surface area contributed by atoms with Crippen molar-refractivity contribution in [3.05, 3.63) is 192 Å². The summed E-state index contributed by atoms with van der Waals surface area (Å²) in [5, 5.41) is 12.9. The van der Waals surface area contributed by atoms with Gasteiger partial charge in [0.2, 0.25) is 7.29 Å². The first-order valence-electron chi connectivity index (χ1n) is 14.6. The molecule has 6 aromatic carbocycles. The van der Waals surface area contributed by atoms with Crippen LogP contribution in [-0.4, -0.2) is 11.7 Å². The van der Waals surface area contributed by atoms with Gasteiger partial charge in [-0.25, -0.2) is 0 Å². The Labute approximate surface area is 254 Å². The molecule has 0 amide bonds. The van der Waals surface area contributed by atoms with Gasteiger partial charge in [-0.2, -0.15) is 0 Å². The maximum atomic E-state index is 15.5. The Hall–Kier alpha value is -4.85. The van der Waals surface area contributed by atoms with Crippen LogP contribution in [0.4, 0.5) is 5.69 Å². The Morgan fingerprint density at radius 3 is 1.28 bits per heavy atom. The minimum absolute atomic E-state index is 0.0840. The predicted molar refractivity (Wildman–Crippen MR) is 179 cm³/mol. The third-order valence-corrected chi connectivity index (χ3v) is 11.3. The summed E-state index contributed by atoms with van der Waals surface area (Å²) in [4.78, 5) is 0. The maximum Gasteiger partial charge on any atom is 0.229 e. The summed E-state index contributed by atoms with van der Waals surface area (Å²) in [6, 6.07) is 56.4. The molecule has 1 N–H and O–H groups in total. The number of nitrogens with zero attached hydrogens (tertiary/aromatic N) is 1. The average Bonchev–Trinajstić information content (AvgIpc) is 3.09. The van der Waals surface area contributed by atoms with Crippen molar-refractivity contribution in [3.63, 3.8) is 0 Å². The van der Waals surface area contributed by atoms with E-state index in [-0.39, 0.29) is 5.75 Å². The van der Waals surface area contributed by atoms with Crippen molar-refractivity contribution in [2.24, 2.45) is 0 Å². The monoisotopic (exact) mass is 579 g/mol. The van der Waals surface area contributed by atoms with Crippen molar-refractivity contribution in [3.8, 4) is 5.75 Å². The molecule has 0 heterocycles. The van der Waals surface area contributed by atoms with Crippen LogP contribution in [0.25, 0.3) is 0 Å². The number of benzene rings is 6. The van der Waals surface area contributed by atoms with Crippen LogP contribution in [0.1, 0.15) is 29.2 Å². The topological polar surface area (TPSA) is 40.5 Å². The van der Waals surface area contributed by atoms with E-state index in [1.807, 2.05) is 103 Å². The number of aromatic hydroxyl groups is 1. The minimum atomic E-state index is -3.40. The molecule has 0 unspecified atom stereocenters. The van der Waals surface area contributed by atoms with E-state index in [1.165, 1.54) is 0 Å². The summed E-state index contributed by atoms with van der Waals surface area (Å²) < 4.78 is 17.4. The largest absolute Gasteiger partial charge is 0.506 e. The number of anilines is 1. The molecule has 0 aliphatic heterocycles. The van der Waals surface area contributed by atoms with Gasteiger partial charge in [0.05, 0.1) is 11.1 Å². The second-order valence-corrected chi connectivity index (χ2v) is 13.2. The first-order valence-corrected chi connectivity index (χ1v) is 16.3. The summed E-state index contributed by atoms with van der Waals surface area (Å²) in [6.45, 7) is 2.41. The molecular weight excluding hydrogens is 545 g/mol. The van der Waals surface area contributed by atoms with Crippen LogP contribution in [0.5, 0.6) is 5.75 Å². The van der Waals surface area contributed by atoms with Crippen LogP contribution in [-0.2, 0) is 9.98 Å². The van der Waals surface area contributed by atoms with Crippen LogP contribution in [0.15, 0.2) is 170 Å². The molecule has 0 spiro atoms. The first kappa shape index (κ1) is 28.3. The normalized spacial score (nSPS) is 11.7. The SMILES string of the molecule is CCN(c1cc(C(c2ccccc2)(c2ccccc2)c2ccccc2)ccc1O)P(=O)(c1ccccc1)c1ccccc1. The molecule has 43 heavy (non-hydrogen) atoms. The smallest absolute Gasteiger partial charge is 0.229 e. The Morgan fingerprint density at radius 2 is 0.907 bits per heavy atom. The van der Waals surface area contributed by atoms with Gasteiger partial charge in [0.15, 0.2) is 0 Å². The zero-order chi connectivity index (χ0) is 29.7. The van der Waals surface area contributed by atoms with Gasteiger partial charge in [0.1, 0.15) is 5.75 Å². The summed E-state index contributed by atoms with van der Waals surface area (Å²) in [6.07, 6.45) is 0. The van der Waals surface area contributed by atoms with E-state index >= 15 is 4.57 Å². The molecule has 0 saturated heterocycles. The lowest BCUT2D eigenvalue weighted by molar-refractivity contribution is 0.475. The fraction of sp³-hybridized carbons (Fsp3) is 0.0769. The number of phenols is 1. The molecule has 0 bridgehead atoms. The van der Waals surface area contributed by atoms with Gasteiger partial charge in [0, 0.05) is 17.2 Å². The van der Waals surface area contributed by atoms with E-state index in [0.717, 1.165) is 22.3 Å². The molecule has 3 nitrogen and oxygen atoms in total. The lowest BCUT2D eigenvalue weighted by Crippen LogP contribution is -2.34. The fourth-order valence-electron chi connectivity index (χ4n) is 6.24. The molecule has 4 heteroatoms. The van der Waals surface area contributed by atoms with E-state index in [2.05, 4.69) is 72.8 Å². The van der Waals surface area contributed by atoms with Gasteiger partial charge in [-0.05, 0) is 65.6 Å². The summed E-state index contributed by atoms with van der Waals surface area (Å²) in [7, 11) is -3.40. The number of phenolic OH excluding ortho intramolecular Hbond substituents is 1. The highest BCUT2D eigenvalue weighted by molar-refractivity contribution is 7.80. The van der Waals surface area contributed by atoms with Crippen molar-refractivity contribution in [2.45, 2.75) is 12.3 Å². The quantitative estimate of drug-likeness (QED) is 0.138. The Balaban J connectivity index is 1.66. The summed E-state index contributed by atoms with van der Waals surface area (Å²) >= 11 is 0. The van der Waals surface area contributed by atoms with Crippen molar-refractivity contribution in [1.82, 2.24) is 0 Å². The highest BCUT2D eigenvalue weighted by Crippen LogP contribution is 2.54. The van der Waals surface area contributed by atoms with Crippen molar-refractivity contribution < 1.29 is 9.67 Å². The minimum Gasteiger partial charge on any atom is -0.506 e. The Bertz CT molecular complexity index is 1690. The molecule has 6 rings (SSSR count). The lowest BCUT2D eigenvalue weighted by Gasteiger charge is -2.39. The number of rotatable bonds is 9. The molecule has 0 saturated carbocycles. The maximum absolute atomic E-state index is 15.5. The predicted octanol–water partition coefficient (Wildman–Crippen LogP) is 8.53. The average molecular weight is 580 g/mol. The van der Waals surface area contributed by atoms with Gasteiger partial charge < -0.3 is 9.78 Å². The molecule has 0 fully saturated rings. The van der Waals surface area contributed by atoms with Gasteiger partial charge in [0.25, 0.3) is 0 Å². The molecule has 0 aliphatic carbocycles. The van der Waals surface area contributed by atoms with E-state index < -0.39 is 12.7 Å². The number of hydrogen-bond acceptors (Lipinski definition) is 2. The van der Waals surface area contributed by atoms with Gasteiger partial charge in [-0.15, -0.1) is 0 Å². The van der Waals surface area contributed by atoms with E-state index in [0.29, 0.717) is 22.8 Å². The van der Waals surface area contributed by atoms with E-state index in [4.69, 9.17) is 0 Å². The molecule has 212 valence electrons. The third kappa shape index (κ3) is 4.96. The van der Waals surface area contributed by atoms with Crippen LogP contribution in [0, 0.1) is 0 Å². The molecule has 0 radical (unpaired) electrons. The first-order chi connectivity index (χ1) is 21.1. The molecule has 0 atom stereocenters. The standard InChI is InChI=1S/C39H34NO2P/c1-2-40(43(42,35-24-14-6-15-25-35)36-26-16-7-17-27-36)37-30-34(28-29-38(37)41)39(31-18-8-3-9-19-31,32-20-10-4-11-21-32)33-22-12-5-13-23-33/h3-30,41H,2H2,1H3. The van der Waals surface area contributed by atoms with Gasteiger partial charge in [-0.3, -0.25) is 4.57 Å². The fourth-order valence-corrected chi connectivity index (χ4v) is 9.11. The van der Waals surface area contributed by atoms with Crippen LogP contribution in [0.2, 0.25) is 0 Å². The van der Waals surface area contributed by atoms with Crippen molar-refractivity contribution in [2.75, 3.05) is 11.2 Å². The molecule has 0 aromatic heterocycles. The number of hydrogen-bond donors (Lipinski definition) is 1. The second kappa shape index (κ2) is 12.2. The van der Waals surface area contributed by atoms with Crippen molar-refractivity contribution >= 4 is 23.6 Å². The Morgan fingerprint density at radius 1 is 0.535 bits per heavy atom. The zero-order valence-electron chi connectivity index (χ0n) is 24.1. The van der Waals surface area contributed by atoms with Crippen LogP contribution >= 0.6 is 7.29 Å². The summed E-state index contributed by atoms with van der Waals surface area (Å²) in [5.74, 6) is 0.0840. The summed E-state index contributed by atoms with van der Waals surface area (Å²) in [5.41, 5.74) is 4.09. The van der Waals surface area contributed by atoms with Crippen molar-refractivity contribution in [1.29, 1.82) is 0 Å². The van der Waals surface area contributed by atoms with Gasteiger partial charge >= 0.3 is 0 Å². The highest BCUT2D eigenvalue weighted by atomic mass is 31.2. The lowest BCUT2D eigenvalue weighted by atomic mass is 9.65. The highest BCUT2D eigenvalue weighted by Gasteiger charge is 2.40. The molecular formula is C39H34NO2P. The van der Waals surface area contributed by atoms with Crippen LogP contribution in [0.3, 0.4) is 0 Å². The Kier molecular flexibility index (Phi) is 8.01. The van der Waals surface area contributed by atoms with Crippen LogP contribution < -0.4 is 15.3 Å². The molecule has 0 aliphatic rings. The van der Waals surface area contributed by atoms with E-state index in [9.17, 15) is 5.11 Å².